The van der Waals surface area contributed by atoms with Crippen molar-refractivity contribution in [3.05, 3.63) is 29.3 Å². The highest BCUT2D eigenvalue weighted by atomic mass is 16.5. The summed E-state index contributed by atoms with van der Waals surface area (Å²) < 4.78 is 5.16. The predicted molar refractivity (Wildman–Crippen MR) is 56.9 cm³/mol. The fraction of sp³-hybridized carbons (Fsp3) is 0.364. The molecule has 3 N–H and O–H groups in total. The number of carboxylic acid groups (broad SMARTS) is 1. The van der Waals surface area contributed by atoms with Crippen LogP contribution in [-0.2, 0) is 4.79 Å². The van der Waals surface area contributed by atoms with E-state index >= 15 is 0 Å². The van der Waals surface area contributed by atoms with Crippen molar-refractivity contribution in [3.63, 3.8) is 0 Å². The average molecular weight is 209 g/mol. The van der Waals surface area contributed by atoms with E-state index in [0.29, 0.717) is 5.75 Å². The zero-order valence-electron chi connectivity index (χ0n) is 8.86. The van der Waals surface area contributed by atoms with Crippen LogP contribution in [0.4, 0.5) is 0 Å². The molecule has 4 nitrogen and oxygen atoms in total. The van der Waals surface area contributed by atoms with Crippen LogP contribution in [-0.4, -0.2) is 18.2 Å². The van der Waals surface area contributed by atoms with E-state index in [9.17, 15) is 4.79 Å². The van der Waals surface area contributed by atoms with Crippen molar-refractivity contribution in [3.8, 4) is 5.75 Å². The summed E-state index contributed by atoms with van der Waals surface area (Å²) in [6.45, 7) is 1.89. The highest BCUT2D eigenvalue weighted by Crippen LogP contribution is 2.28. The smallest absolute Gasteiger partial charge is 0.305 e. The fourth-order valence-electron chi connectivity index (χ4n) is 1.60. The third kappa shape index (κ3) is 2.70. The van der Waals surface area contributed by atoms with Crippen molar-refractivity contribution in [2.45, 2.75) is 19.4 Å². The van der Waals surface area contributed by atoms with Crippen molar-refractivity contribution in [2.24, 2.45) is 5.73 Å². The lowest BCUT2D eigenvalue weighted by molar-refractivity contribution is -0.137. The topological polar surface area (TPSA) is 72.5 Å². The van der Waals surface area contributed by atoms with Gasteiger partial charge in [-0.2, -0.15) is 0 Å². The predicted octanol–water partition coefficient (Wildman–Crippen LogP) is 1.48. The number of hydrogen-bond donors (Lipinski definition) is 2. The molecule has 1 aromatic rings. The molecule has 4 heteroatoms. The SMILES string of the molecule is COc1cccc(C)c1C(N)CC(=O)O. The number of aryl methyl sites for hydroxylation is 1. The molecule has 0 bridgehead atoms. The molecule has 0 fully saturated rings. The second-order valence-corrected chi connectivity index (χ2v) is 3.40. The first kappa shape index (κ1) is 11.5. The van der Waals surface area contributed by atoms with E-state index in [-0.39, 0.29) is 6.42 Å². The fourth-order valence-corrected chi connectivity index (χ4v) is 1.60. The normalized spacial score (nSPS) is 12.2. The summed E-state index contributed by atoms with van der Waals surface area (Å²) in [7, 11) is 1.55. The highest BCUT2D eigenvalue weighted by Gasteiger charge is 2.16. The van der Waals surface area contributed by atoms with Crippen molar-refractivity contribution in [1.82, 2.24) is 0 Å². The minimum atomic E-state index is -0.909. The van der Waals surface area contributed by atoms with E-state index in [2.05, 4.69) is 0 Å². The van der Waals surface area contributed by atoms with Gasteiger partial charge in [0, 0.05) is 11.6 Å². The van der Waals surface area contributed by atoms with Gasteiger partial charge in [-0.15, -0.1) is 0 Å². The molecule has 0 saturated heterocycles. The standard InChI is InChI=1S/C11H15NO3/c1-7-4-3-5-9(15-2)11(7)8(12)6-10(13)14/h3-5,8H,6,12H2,1-2H3,(H,13,14). The number of rotatable bonds is 4. The van der Waals surface area contributed by atoms with Gasteiger partial charge in [-0.05, 0) is 18.6 Å². The van der Waals surface area contributed by atoms with Crippen LogP contribution in [0.25, 0.3) is 0 Å². The number of benzene rings is 1. The first-order valence-electron chi connectivity index (χ1n) is 4.67. The van der Waals surface area contributed by atoms with E-state index in [1.54, 1.807) is 13.2 Å². The minimum Gasteiger partial charge on any atom is -0.496 e. The van der Waals surface area contributed by atoms with Gasteiger partial charge < -0.3 is 15.6 Å². The van der Waals surface area contributed by atoms with E-state index in [1.165, 1.54) is 0 Å². The van der Waals surface area contributed by atoms with E-state index in [1.807, 2.05) is 19.1 Å². The summed E-state index contributed by atoms with van der Waals surface area (Å²) in [6, 6.07) is 4.99. The van der Waals surface area contributed by atoms with Gasteiger partial charge in [0.1, 0.15) is 5.75 Å². The molecule has 0 radical (unpaired) electrons. The quantitative estimate of drug-likeness (QED) is 0.787. The number of carbonyl (C=O) groups is 1. The molecule has 1 unspecified atom stereocenters. The monoisotopic (exact) mass is 209 g/mol. The zero-order valence-corrected chi connectivity index (χ0v) is 8.86. The largest absolute Gasteiger partial charge is 0.496 e. The Hall–Kier alpha value is -1.55. The van der Waals surface area contributed by atoms with Crippen LogP contribution in [0.2, 0.25) is 0 Å². The van der Waals surface area contributed by atoms with Gasteiger partial charge in [-0.3, -0.25) is 4.79 Å². The van der Waals surface area contributed by atoms with Crippen LogP contribution in [0.3, 0.4) is 0 Å². The first-order valence-corrected chi connectivity index (χ1v) is 4.67. The van der Waals surface area contributed by atoms with Gasteiger partial charge in [-0.1, -0.05) is 12.1 Å². The van der Waals surface area contributed by atoms with Gasteiger partial charge in [0.2, 0.25) is 0 Å². The van der Waals surface area contributed by atoms with Crippen molar-refractivity contribution in [1.29, 1.82) is 0 Å². The molecule has 1 atom stereocenters. The Morgan fingerprint density at radius 2 is 2.27 bits per heavy atom. The second kappa shape index (κ2) is 4.79. The lowest BCUT2D eigenvalue weighted by Crippen LogP contribution is -2.17. The maximum absolute atomic E-state index is 10.6. The summed E-state index contributed by atoms with van der Waals surface area (Å²) in [4.78, 5) is 10.6. The van der Waals surface area contributed by atoms with Crippen LogP contribution in [0.1, 0.15) is 23.6 Å². The van der Waals surface area contributed by atoms with Gasteiger partial charge in [0.25, 0.3) is 0 Å². The Kier molecular flexibility index (Phi) is 3.68. The summed E-state index contributed by atoms with van der Waals surface area (Å²) in [5.74, 6) is -0.267. The van der Waals surface area contributed by atoms with E-state index in [0.717, 1.165) is 11.1 Å². The Balaban J connectivity index is 3.05. The lowest BCUT2D eigenvalue weighted by atomic mass is 9.98. The Bertz CT molecular complexity index is 363. The van der Waals surface area contributed by atoms with Gasteiger partial charge >= 0.3 is 5.97 Å². The number of hydrogen-bond acceptors (Lipinski definition) is 3. The minimum absolute atomic E-state index is 0.0960. The van der Waals surface area contributed by atoms with Crippen molar-refractivity contribution >= 4 is 5.97 Å². The number of methoxy groups -OCH3 is 1. The highest BCUT2D eigenvalue weighted by molar-refractivity contribution is 5.68. The zero-order chi connectivity index (χ0) is 11.4. The molecule has 0 aromatic heterocycles. The first-order chi connectivity index (χ1) is 7.06. The van der Waals surface area contributed by atoms with Crippen LogP contribution < -0.4 is 10.5 Å². The number of ether oxygens (including phenoxy) is 1. The van der Waals surface area contributed by atoms with Gasteiger partial charge in [0.15, 0.2) is 0 Å². The molecule has 1 aromatic carbocycles. The number of aliphatic carboxylic acids is 1. The summed E-state index contributed by atoms with van der Waals surface area (Å²) in [6.07, 6.45) is -0.0960. The van der Waals surface area contributed by atoms with Crippen LogP contribution >= 0.6 is 0 Å². The molecular formula is C11H15NO3. The summed E-state index contributed by atoms with van der Waals surface area (Å²) in [5.41, 5.74) is 7.53. The molecule has 0 aliphatic heterocycles. The number of nitrogens with two attached hydrogens (primary N) is 1. The van der Waals surface area contributed by atoms with Crippen molar-refractivity contribution in [2.75, 3.05) is 7.11 Å². The van der Waals surface area contributed by atoms with Gasteiger partial charge in [0.05, 0.1) is 13.5 Å². The third-order valence-electron chi connectivity index (χ3n) is 2.27. The Morgan fingerprint density at radius 1 is 1.60 bits per heavy atom. The van der Waals surface area contributed by atoms with E-state index < -0.39 is 12.0 Å². The lowest BCUT2D eigenvalue weighted by Gasteiger charge is -2.16. The van der Waals surface area contributed by atoms with Crippen molar-refractivity contribution < 1.29 is 14.6 Å². The molecule has 15 heavy (non-hydrogen) atoms. The molecule has 0 saturated carbocycles. The molecular weight excluding hydrogens is 194 g/mol. The van der Waals surface area contributed by atoms with E-state index in [4.69, 9.17) is 15.6 Å². The summed E-state index contributed by atoms with van der Waals surface area (Å²) >= 11 is 0. The maximum Gasteiger partial charge on any atom is 0.305 e. The van der Waals surface area contributed by atoms with Crippen LogP contribution in [0.15, 0.2) is 18.2 Å². The molecule has 0 heterocycles. The van der Waals surface area contributed by atoms with Crippen LogP contribution in [0.5, 0.6) is 5.75 Å². The summed E-state index contributed by atoms with van der Waals surface area (Å²) in [5, 5.41) is 8.68. The molecule has 0 spiro atoms. The average Bonchev–Trinajstić information content (AvgIpc) is 2.15. The Morgan fingerprint density at radius 3 is 2.80 bits per heavy atom. The maximum atomic E-state index is 10.6. The molecule has 1 rings (SSSR count). The molecule has 0 amide bonds. The van der Waals surface area contributed by atoms with Crippen LogP contribution in [0, 0.1) is 6.92 Å². The van der Waals surface area contributed by atoms with Gasteiger partial charge in [-0.25, -0.2) is 0 Å². The molecule has 82 valence electrons. The second-order valence-electron chi connectivity index (χ2n) is 3.40. The molecule has 0 aliphatic rings. The molecule has 0 aliphatic carbocycles. The number of carboxylic acids is 1. The Labute approximate surface area is 88.7 Å². The third-order valence-corrected chi connectivity index (χ3v) is 2.27.